The number of nitrogens with two attached hydrogens (primary N) is 1. The quantitative estimate of drug-likeness (QED) is 0.640. The average molecular weight is 275 g/mol. The summed E-state index contributed by atoms with van der Waals surface area (Å²) in [5.74, 6) is 6.48. The zero-order valence-corrected chi connectivity index (χ0v) is 10.4. The number of halogens is 1. The fourth-order valence-electron chi connectivity index (χ4n) is 1.66. The molecule has 0 aliphatic heterocycles. The van der Waals surface area contributed by atoms with E-state index in [1.165, 1.54) is 28.6 Å². The maximum Gasteiger partial charge on any atom is 0.0314 e. The van der Waals surface area contributed by atoms with Gasteiger partial charge in [0, 0.05) is 15.4 Å². The molecule has 1 aliphatic carbocycles. The van der Waals surface area contributed by atoms with Crippen molar-refractivity contribution in [1.82, 2.24) is 5.43 Å². The van der Waals surface area contributed by atoms with E-state index in [0.717, 1.165) is 12.3 Å². The Balaban J connectivity index is 1.89. The van der Waals surface area contributed by atoms with E-state index in [9.17, 15) is 0 Å². The number of thiophene rings is 1. The van der Waals surface area contributed by atoms with Crippen LogP contribution in [0.4, 0.5) is 0 Å². The van der Waals surface area contributed by atoms with E-state index in [4.69, 9.17) is 5.84 Å². The molecule has 2 nitrogen and oxygen atoms in total. The maximum absolute atomic E-state index is 5.55. The van der Waals surface area contributed by atoms with Crippen LogP contribution in [-0.2, 0) is 6.42 Å². The van der Waals surface area contributed by atoms with Gasteiger partial charge in [-0.25, -0.2) is 0 Å². The van der Waals surface area contributed by atoms with Crippen LogP contribution in [0, 0.1) is 5.92 Å². The Morgan fingerprint density at radius 3 is 2.93 bits per heavy atom. The van der Waals surface area contributed by atoms with E-state index in [2.05, 4.69) is 32.8 Å². The summed E-state index contributed by atoms with van der Waals surface area (Å²) in [6, 6.07) is 2.54. The van der Waals surface area contributed by atoms with E-state index in [1.807, 2.05) is 0 Å². The predicted octanol–water partition coefficient (Wildman–Crippen LogP) is 2.69. The topological polar surface area (TPSA) is 38.0 Å². The smallest absolute Gasteiger partial charge is 0.0314 e. The van der Waals surface area contributed by atoms with Crippen molar-refractivity contribution < 1.29 is 0 Å². The highest BCUT2D eigenvalue weighted by molar-refractivity contribution is 9.10. The van der Waals surface area contributed by atoms with Gasteiger partial charge in [0.2, 0.25) is 0 Å². The summed E-state index contributed by atoms with van der Waals surface area (Å²) in [6.07, 6.45) is 5.06. The van der Waals surface area contributed by atoms with Gasteiger partial charge in [-0.05, 0) is 46.1 Å². The van der Waals surface area contributed by atoms with Crippen molar-refractivity contribution >= 4 is 27.3 Å². The van der Waals surface area contributed by atoms with Crippen molar-refractivity contribution in [1.29, 1.82) is 0 Å². The molecule has 1 heterocycles. The Morgan fingerprint density at radius 2 is 2.43 bits per heavy atom. The van der Waals surface area contributed by atoms with Gasteiger partial charge in [0.15, 0.2) is 0 Å². The van der Waals surface area contributed by atoms with Crippen molar-refractivity contribution in [3.05, 3.63) is 20.8 Å². The lowest BCUT2D eigenvalue weighted by Crippen LogP contribution is -2.37. The molecule has 1 atom stereocenters. The lowest BCUT2D eigenvalue weighted by molar-refractivity contribution is 0.468. The van der Waals surface area contributed by atoms with Crippen LogP contribution in [0.2, 0.25) is 0 Å². The van der Waals surface area contributed by atoms with E-state index in [-0.39, 0.29) is 0 Å². The number of hydrogen-bond donors (Lipinski definition) is 2. The SMILES string of the molecule is NNC(Cc1sccc1Br)CC1CC1. The van der Waals surface area contributed by atoms with Gasteiger partial charge in [-0.1, -0.05) is 12.8 Å². The summed E-state index contributed by atoms with van der Waals surface area (Å²) in [6.45, 7) is 0. The Bertz CT molecular complexity index is 296. The predicted molar refractivity (Wildman–Crippen MR) is 64.2 cm³/mol. The molecule has 4 heteroatoms. The molecule has 0 saturated heterocycles. The molecule has 1 saturated carbocycles. The first-order chi connectivity index (χ1) is 6.79. The fourth-order valence-corrected chi connectivity index (χ4v) is 3.26. The molecule has 14 heavy (non-hydrogen) atoms. The van der Waals surface area contributed by atoms with E-state index in [1.54, 1.807) is 11.3 Å². The number of hydrazine groups is 1. The molecule has 2 rings (SSSR count). The normalized spacial score (nSPS) is 18.4. The molecular weight excluding hydrogens is 260 g/mol. The first kappa shape index (κ1) is 10.6. The minimum atomic E-state index is 0.442. The van der Waals surface area contributed by atoms with Gasteiger partial charge in [-0.2, -0.15) is 0 Å². The van der Waals surface area contributed by atoms with Crippen LogP contribution >= 0.6 is 27.3 Å². The van der Waals surface area contributed by atoms with Crippen LogP contribution in [0.25, 0.3) is 0 Å². The second-order valence-electron chi connectivity index (χ2n) is 3.94. The summed E-state index contributed by atoms with van der Waals surface area (Å²) in [5, 5.41) is 2.12. The molecule has 3 N–H and O–H groups in total. The summed E-state index contributed by atoms with van der Waals surface area (Å²) in [4.78, 5) is 1.40. The molecule has 0 bridgehead atoms. The summed E-state index contributed by atoms with van der Waals surface area (Å²) < 4.78 is 1.22. The van der Waals surface area contributed by atoms with Crippen LogP contribution in [0.15, 0.2) is 15.9 Å². The lowest BCUT2D eigenvalue weighted by atomic mass is 10.1. The molecule has 0 radical (unpaired) electrons. The minimum Gasteiger partial charge on any atom is -0.271 e. The standard InChI is InChI=1S/C10H15BrN2S/c11-9-3-4-14-10(9)6-8(13-12)5-7-1-2-7/h3-4,7-8,13H,1-2,5-6,12H2. The third-order valence-corrected chi connectivity index (χ3v) is 4.62. The highest BCUT2D eigenvalue weighted by Gasteiger charge is 2.25. The monoisotopic (exact) mass is 274 g/mol. The molecule has 1 fully saturated rings. The molecule has 0 aromatic carbocycles. The van der Waals surface area contributed by atoms with Crippen molar-refractivity contribution in [2.75, 3.05) is 0 Å². The van der Waals surface area contributed by atoms with E-state index >= 15 is 0 Å². The van der Waals surface area contributed by atoms with Crippen LogP contribution in [0.1, 0.15) is 24.1 Å². The Hall–Kier alpha value is 0.100. The Morgan fingerprint density at radius 1 is 1.64 bits per heavy atom. The van der Waals surface area contributed by atoms with Crippen LogP contribution in [-0.4, -0.2) is 6.04 Å². The average Bonchev–Trinajstić information content (AvgIpc) is 2.90. The van der Waals surface area contributed by atoms with Gasteiger partial charge >= 0.3 is 0 Å². The van der Waals surface area contributed by atoms with Crippen LogP contribution < -0.4 is 11.3 Å². The zero-order chi connectivity index (χ0) is 9.97. The van der Waals surface area contributed by atoms with Crippen molar-refractivity contribution in [3.8, 4) is 0 Å². The Kier molecular flexibility index (Phi) is 3.60. The van der Waals surface area contributed by atoms with Gasteiger partial charge in [0.05, 0.1) is 0 Å². The fraction of sp³-hybridized carbons (Fsp3) is 0.600. The van der Waals surface area contributed by atoms with Gasteiger partial charge in [0.1, 0.15) is 0 Å². The maximum atomic E-state index is 5.55. The molecule has 1 aromatic heterocycles. The van der Waals surface area contributed by atoms with Crippen molar-refractivity contribution in [2.24, 2.45) is 11.8 Å². The van der Waals surface area contributed by atoms with Crippen molar-refractivity contribution in [3.63, 3.8) is 0 Å². The number of hydrogen-bond acceptors (Lipinski definition) is 3. The summed E-state index contributed by atoms with van der Waals surface area (Å²) in [7, 11) is 0. The van der Waals surface area contributed by atoms with E-state index < -0.39 is 0 Å². The van der Waals surface area contributed by atoms with Crippen LogP contribution in [0.3, 0.4) is 0 Å². The molecule has 0 spiro atoms. The second kappa shape index (κ2) is 4.75. The largest absolute Gasteiger partial charge is 0.271 e. The molecule has 1 aromatic rings. The third-order valence-electron chi connectivity index (χ3n) is 2.67. The minimum absolute atomic E-state index is 0.442. The lowest BCUT2D eigenvalue weighted by Gasteiger charge is -2.14. The Labute approximate surface area is 97.0 Å². The van der Waals surface area contributed by atoms with Gasteiger partial charge in [-0.15, -0.1) is 11.3 Å². The highest BCUT2D eigenvalue weighted by atomic mass is 79.9. The summed E-state index contributed by atoms with van der Waals surface area (Å²) in [5.41, 5.74) is 2.92. The van der Waals surface area contributed by atoms with E-state index in [0.29, 0.717) is 6.04 Å². The molecule has 78 valence electrons. The van der Waals surface area contributed by atoms with Gasteiger partial charge < -0.3 is 0 Å². The van der Waals surface area contributed by atoms with Gasteiger partial charge in [-0.3, -0.25) is 11.3 Å². The third kappa shape index (κ3) is 2.79. The number of nitrogens with one attached hydrogen (secondary N) is 1. The molecule has 1 unspecified atom stereocenters. The molecule has 1 aliphatic rings. The first-order valence-corrected chi connectivity index (χ1v) is 6.65. The first-order valence-electron chi connectivity index (χ1n) is 4.97. The zero-order valence-electron chi connectivity index (χ0n) is 8.00. The van der Waals surface area contributed by atoms with Crippen LogP contribution in [0.5, 0.6) is 0 Å². The van der Waals surface area contributed by atoms with Gasteiger partial charge in [0.25, 0.3) is 0 Å². The molecular formula is C10H15BrN2S. The summed E-state index contributed by atoms with van der Waals surface area (Å²) >= 11 is 5.35. The van der Waals surface area contributed by atoms with Crippen molar-refractivity contribution in [2.45, 2.75) is 31.7 Å². The second-order valence-corrected chi connectivity index (χ2v) is 5.79. The highest BCUT2D eigenvalue weighted by Crippen LogP contribution is 2.34. The molecule has 0 amide bonds. The number of rotatable bonds is 5.